The standard InChI is InChI=1S/C12H12BrN3O2/c1-14-12-15-7-10(13)11(16-12)18-9-5-3-8(17-2)4-6-9/h3-7H,1-2H3,(H,14,15,16). The molecule has 0 bridgehead atoms. The van der Waals surface area contributed by atoms with Gasteiger partial charge in [0.15, 0.2) is 0 Å². The van der Waals surface area contributed by atoms with Gasteiger partial charge in [0.05, 0.1) is 17.8 Å². The zero-order chi connectivity index (χ0) is 13.0. The first-order valence-electron chi connectivity index (χ1n) is 5.25. The largest absolute Gasteiger partial charge is 0.497 e. The van der Waals surface area contributed by atoms with Crippen molar-refractivity contribution in [3.05, 3.63) is 34.9 Å². The molecule has 94 valence electrons. The fourth-order valence-electron chi connectivity index (χ4n) is 1.30. The van der Waals surface area contributed by atoms with Gasteiger partial charge in [0.25, 0.3) is 0 Å². The third-order valence-electron chi connectivity index (χ3n) is 2.21. The van der Waals surface area contributed by atoms with Crippen molar-refractivity contribution in [3.8, 4) is 17.4 Å². The van der Waals surface area contributed by atoms with Crippen LogP contribution in [-0.4, -0.2) is 24.1 Å². The van der Waals surface area contributed by atoms with Crippen LogP contribution >= 0.6 is 15.9 Å². The highest BCUT2D eigenvalue weighted by molar-refractivity contribution is 9.10. The average molecular weight is 310 g/mol. The van der Waals surface area contributed by atoms with E-state index in [0.717, 1.165) is 5.75 Å². The van der Waals surface area contributed by atoms with E-state index in [0.29, 0.717) is 22.1 Å². The first-order valence-corrected chi connectivity index (χ1v) is 6.04. The zero-order valence-corrected chi connectivity index (χ0v) is 11.6. The van der Waals surface area contributed by atoms with Crippen molar-refractivity contribution in [2.75, 3.05) is 19.5 Å². The van der Waals surface area contributed by atoms with E-state index < -0.39 is 0 Å². The summed E-state index contributed by atoms with van der Waals surface area (Å²) in [5.41, 5.74) is 0. The number of ether oxygens (including phenoxy) is 2. The van der Waals surface area contributed by atoms with Crippen LogP contribution < -0.4 is 14.8 Å². The van der Waals surface area contributed by atoms with Crippen LogP contribution in [0.2, 0.25) is 0 Å². The van der Waals surface area contributed by atoms with Gasteiger partial charge in [-0.2, -0.15) is 4.98 Å². The van der Waals surface area contributed by atoms with E-state index in [1.807, 2.05) is 24.3 Å². The lowest BCUT2D eigenvalue weighted by Crippen LogP contribution is -1.98. The van der Waals surface area contributed by atoms with Crippen molar-refractivity contribution in [2.24, 2.45) is 0 Å². The van der Waals surface area contributed by atoms with Gasteiger partial charge < -0.3 is 14.8 Å². The number of methoxy groups -OCH3 is 1. The summed E-state index contributed by atoms with van der Waals surface area (Å²) in [4.78, 5) is 8.26. The summed E-state index contributed by atoms with van der Waals surface area (Å²) >= 11 is 3.34. The van der Waals surface area contributed by atoms with Gasteiger partial charge in [0.1, 0.15) is 11.5 Å². The Kier molecular flexibility index (Phi) is 3.99. The minimum atomic E-state index is 0.458. The van der Waals surface area contributed by atoms with Crippen molar-refractivity contribution in [3.63, 3.8) is 0 Å². The number of anilines is 1. The van der Waals surface area contributed by atoms with Crippen molar-refractivity contribution in [2.45, 2.75) is 0 Å². The van der Waals surface area contributed by atoms with Crippen LogP contribution in [0.15, 0.2) is 34.9 Å². The smallest absolute Gasteiger partial charge is 0.238 e. The molecule has 0 radical (unpaired) electrons. The molecule has 0 saturated heterocycles. The topological polar surface area (TPSA) is 56.3 Å². The molecule has 2 aromatic rings. The Labute approximate surface area is 113 Å². The van der Waals surface area contributed by atoms with Crippen LogP contribution in [-0.2, 0) is 0 Å². The minimum absolute atomic E-state index is 0.458. The van der Waals surface area contributed by atoms with Crippen molar-refractivity contribution in [1.29, 1.82) is 0 Å². The minimum Gasteiger partial charge on any atom is -0.497 e. The fraction of sp³-hybridized carbons (Fsp3) is 0.167. The Morgan fingerprint density at radius 1 is 1.17 bits per heavy atom. The molecule has 0 spiro atoms. The number of benzene rings is 1. The molecule has 2 rings (SSSR count). The van der Waals surface area contributed by atoms with Crippen molar-refractivity contribution >= 4 is 21.9 Å². The normalized spacial score (nSPS) is 9.94. The van der Waals surface area contributed by atoms with Crippen LogP contribution in [0.4, 0.5) is 5.95 Å². The summed E-state index contributed by atoms with van der Waals surface area (Å²) in [6.07, 6.45) is 1.64. The lowest BCUT2D eigenvalue weighted by Gasteiger charge is -2.08. The quantitative estimate of drug-likeness (QED) is 0.940. The summed E-state index contributed by atoms with van der Waals surface area (Å²) in [6, 6.07) is 7.27. The first kappa shape index (κ1) is 12.6. The molecule has 1 N–H and O–H groups in total. The number of rotatable bonds is 4. The molecule has 1 heterocycles. The molecule has 6 heteroatoms. The number of aromatic nitrogens is 2. The highest BCUT2D eigenvalue weighted by Crippen LogP contribution is 2.28. The Balaban J connectivity index is 2.21. The van der Waals surface area contributed by atoms with E-state index in [-0.39, 0.29) is 0 Å². The Morgan fingerprint density at radius 2 is 1.83 bits per heavy atom. The van der Waals surface area contributed by atoms with Gasteiger partial charge in [-0.25, -0.2) is 4.98 Å². The molecule has 5 nitrogen and oxygen atoms in total. The molecule has 0 saturated carbocycles. The SMILES string of the molecule is CNc1ncc(Br)c(Oc2ccc(OC)cc2)n1. The van der Waals surface area contributed by atoms with Crippen LogP contribution in [0, 0.1) is 0 Å². The Bertz CT molecular complexity index is 531. The van der Waals surface area contributed by atoms with Gasteiger partial charge in [-0.15, -0.1) is 0 Å². The first-order chi connectivity index (χ1) is 8.72. The van der Waals surface area contributed by atoms with E-state index in [9.17, 15) is 0 Å². The van der Waals surface area contributed by atoms with Crippen LogP contribution in [0.1, 0.15) is 0 Å². The fourth-order valence-corrected chi connectivity index (χ4v) is 1.57. The van der Waals surface area contributed by atoms with Crippen LogP contribution in [0.3, 0.4) is 0 Å². The monoisotopic (exact) mass is 309 g/mol. The molecule has 0 aliphatic heterocycles. The molecule has 0 amide bonds. The maximum absolute atomic E-state index is 5.66. The molecular formula is C12H12BrN3O2. The van der Waals surface area contributed by atoms with Gasteiger partial charge in [-0.3, -0.25) is 0 Å². The van der Waals surface area contributed by atoms with Gasteiger partial charge in [-0.1, -0.05) is 0 Å². The second-order valence-corrected chi connectivity index (χ2v) is 4.23. The molecule has 0 fully saturated rings. The van der Waals surface area contributed by atoms with Gasteiger partial charge in [-0.05, 0) is 40.2 Å². The summed E-state index contributed by atoms with van der Waals surface area (Å²) < 4.78 is 11.4. The predicted molar refractivity (Wildman–Crippen MR) is 72.3 cm³/mol. The molecular weight excluding hydrogens is 298 g/mol. The van der Waals surface area contributed by atoms with Gasteiger partial charge in [0, 0.05) is 7.05 Å². The molecule has 0 atom stereocenters. The third-order valence-corrected chi connectivity index (χ3v) is 2.75. The zero-order valence-electron chi connectivity index (χ0n) is 9.98. The lowest BCUT2D eigenvalue weighted by atomic mass is 10.3. The number of hydrogen-bond donors (Lipinski definition) is 1. The van der Waals surface area contributed by atoms with E-state index in [4.69, 9.17) is 9.47 Å². The Morgan fingerprint density at radius 3 is 2.44 bits per heavy atom. The molecule has 18 heavy (non-hydrogen) atoms. The molecule has 0 aliphatic carbocycles. The van der Waals surface area contributed by atoms with E-state index in [1.165, 1.54) is 0 Å². The van der Waals surface area contributed by atoms with Gasteiger partial charge in [0.2, 0.25) is 11.8 Å². The van der Waals surface area contributed by atoms with Crippen LogP contribution in [0.5, 0.6) is 17.4 Å². The lowest BCUT2D eigenvalue weighted by molar-refractivity contribution is 0.412. The maximum Gasteiger partial charge on any atom is 0.238 e. The summed E-state index contributed by atoms with van der Waals surface area (Å²) in [7, 11) is 3.37. The second-order valence-electron chi connectivity index (χ2n) is 3.37. The molecule has 0 unspecified atom stereocenters. The highest BCUT2D eigenvalue weighted by atomic mass is 79.9. The van der Waals surface area contributed by atoms with E-state index >= 15 is 0 Å². The van der Waals surface area contributed by atoms with E-state index in [1.54, 1.807) is 20.4 Å². The average Bonchev–Trinajstić information content (AvgIpc) is 2.42. The number of hydrogen-bond acceptors (Lipinski definition) is 5. The number of nitrogens with one attached hydrogen (secondary N) is 1. The molecule has 0 aliphatic rings. The molecule has 1 aromatic carbocycles. The summed E-state index contributed by atoms with van der Waals surface area (Å²) in [5.74, 6) is 2.42. The van der Waals surface area contributed by atoms with Gasteiger partial charge >= 0.3 is 0 Å². The predicted octanol–water partition coefficient (Wildman–Crippen LogP) is 3.08. The third kappa shape index (κ3) is 2.89. The maximum atomic E-state index is 5.66. The number of halogens is 1. The Hall–Kier alpha value is -1.82. The van der Waals surface area contributed by atoms with Crippen LogP contribution in [0.25, 0.3) is 0 Å². The summed E-state index contributed by atoms with van der Waals surface area (Å²) in [5, 5.41) is 2.86. The summed E-state index contributed by atoms with van der Waals surface area (Å²) in [6.45, 7) is 0. The van der Waals surface area contributed by atoms with E-state index in [2.05, 4.69) is 31.2 Å². The molecule has 1 aromatic heterocycles. The highest BCUT2D eigenvalue weighted by Gasteiger charge is 2.07. The van der Waals surface area contributed by atoms with Crippen molar-refractivity contribution < 1.29 is 9.47 Å². The second kappa shape index (κ2) is 5.68. The van der Waals surface area contributed by atoms with Crippen molar-refractivity contribution in [1.82, 2.24) is 9.97 Å². The number of nitrogens with zero attached hydrogens (tertiary/aromatic N) is 2.